The second-order valence-corrected chi connectivity index (χ2v) is 11.0. The predicted octanol–water partition coefficient (Wildman–Crippen LogP) is 4.98. The smallest absolute Gasteiger partial charge is 0.243 e. The van der Waals surface area contributed by atoms with E-state index in [0.29, 0.717) is 38.2 Å². The molecule has 0 spiro atoms. The fraction of sp³-hybridized carbons (Fsp3) is 0.296. The van der Waals surface area contributed by atoms with Crippen LogP contribution in [-0.2, 0) is 27.9 Å². The highest BCUT2D eigenvalue weighted by molar-refractivity contribution is 7.89. The predicted molar refractivity (Wildman–Crippen MR) is 137 cm³/mol. The average molecular weight is 513 g/mol. The van der Waals surface area contributed by atoms with Gasteiger partial charge < -0.3 is 9.64 Å². The van der Waals surface area contributed by atoms with Gasteiger partial charge in [0, 0.05) is 26.2 Å². The van der Waals surface area contributed by atoms with Crippen molar-refractivity contribution < 1.29 is 17.9 Å². The summed E-state index contributed by atoms with van der Waals surface area (Å²) in [5.41, 5.74) is 2.06. The van der Waals surface area contributed by atoms with Gasteiger partial charge in [-0.1, -0.05) is 72.3 Å². The molecule has 1 saturated heterocycles. The molecule has 0 aliphatic carbocycles. The van der Waals surface area contributed by atoms with E-state index in [1.54, 1.807) is 6.07 Å². The summed E-state index contributed by atoms with van der Waals surface area (Å²) in [6, 6.07) is 24.1. The third kappa shape index (κ3) is 6.04. The molecule has 1 aliphatic heterocycles. The first-order valence-electron chi connectivity index (χ1n) is 11.6. The molecule has 0 N–H and O–H groups in total. The van der Waals surface area contributed by atoms with Crippen LogP contribution in [0.15, 0.2) is 83.8 Å². The Morgan fingerprint density at radius 2 is 1.60 bits per heavy atom. The standard InChI is InChI=1S/C27H29ClN2O4S/c1-34-26-15-14-24(17-25(26)28)35(32,33)30-16-8-13-23(20-30)27(31)29(18-21-9-4-2-5-10-21)19-22-11-6-3-7-12-22/h2-7,9-12,14-15,17,23H,8,13,16,18-20H2,1H3/t23-/m1/s1. The Morgan fingerprint density at radius 3 is 2.14 bits per heavy atom. The Morgan fingerprint density at radius 1 is 1.00 bits per heavy atom. The molecule has 4 rings (SSSR count). The fourth-order valence-electron chi connectivity index (χ4n) is 4.40. The van der Waals surface area contributed by atoms with Gasteiger partial charge in [-0.05, 0) is 42.2 Å². The zero-order valence-electron chi connectivity index (χ0n) is 19.6. The van der Waals surface area contributed by atoms with Crippen LogP contribution < -0.4 is 4.74 Å². The molecule has 0 aromatic heterocycles. The van der Waals surface area contributed by atoms with Gasteiger partial charge >= 0.3 is 0 Å². The third-order valence-electron chi connectivity index (χ3n) is 6.24. The molecule has 0 unspecified atom stereocenters. The molecule has 0 bridgehead atoms. The van der Waals surface area contributed by atoms with Crippen molar-refractivity contribution >= 4 is 27.5 Å². The highest BCUT2D eigenvalue weighted by Gasteiger charge is 2.35. The van der Waals surface area contributed by atoms with Crippen LogP contribution in [0.5, 0.6) is 5.75 Å². The lowest BCUT2D eigenvalue weighted by molar-refractivity contribution is -0.138. The number of amides is 1. The van der Waals surface area contributed by atoms with Crippen LogP contribution >= 0.6 is 11.6 Å². The number of hydrogen-bond acceptors (Lipinski definition) is 4. The maximum absolute atomic E-state index is 13.7. The van der Waals surface area contributed by atoms with Crippen LogP contribution in [0, 0.1) is 5.92 Å². The Labute approximate surface area is 212 Å². The van der Waals surface area contributed by atoms with E-state index in [-0.39, 0.29) is 22.4 Å². The Bertz CT molecular complexity index is 1210. The number of carbonyl (C=O) groups is 1. The quantitative estimate of drug-likeness (QED) is 0.427. The average Bonchev–Trinajstić information content (AvgIpc) is 2.89. The summed E-state index contributed by atoms with van der Waals surface area (Å²) in [5.74, 6) is -0.0418. The maximum atomic E-state index is 13.7. The van der Waals surface area contributed by atoms with Crippen molar-refractivity contribution in [1.82, 2.24) is 9.21 Å². The first-order valence-corrected chi connectivity index (χ1v) is 13.4. The van der Waals surface area contributed by atoms with Gasteiger partial charge in [0.05, 0.1) is 22.9 Å². The van der Waals surface area contributed by atoms with Crippen molar-refractivity contribution in [2.24, 2.45) is 5.92 Å². The van der Waals surface area contributed by atoms with E-state index in [0.717, 1.165) is 11.1 Å². The van der Waals surface area contributed by atoms with Crippen molar-refractivity contribution in [2.75, 3.05) is 20.2 Å². The van der Waals surface area contributed by atoms with Crippen LogP contribution in [0.3, 0.4) is 0 Å². The Hall–Kier alpha value is -2.87. The first kappa shape index (κ1) is 25.2. The van der Waals surface area contributed by atoms with Gasteiger partial charge in [0.1, 0.15) is 5.75 Å². The second kappa shape index (κ2) is 11.2. The van der Waals surface area contributed by atoms with Crippen LogP contribution in [0.1, 0.15) is 24.0 Å². The lowest BCUT2D eigenvalue weighted by Crippen LogP contribution is -2.46. The van der Waals surface area contributed by atoms with Gasteiger partial charge in [0.25, 0.3) is 0 Å². The minimum Gasteiger partial charge on any atom is -0.495 e. The summed E-state index contributed by atoms with van der Waals surface area (Å²) in [7, 11) is -2.32. The van der Waals surface area contributed by atoms with Crippen LogP contribution in [-0.4, -0.2) is 43.7 Å². The summed E-state index contributed by atoms with van der Waals surface area (Å²) < 4.78 is 33.3. The molecule has 1 fully saturated rings. The lowest BCUT2D eigenvalue weighted by Gasteiger charge is -2.34. The van der Waals surface area contributed by atoms with E-state index >= 15 is 0 Å². The van der Waals surface area contributed by atoms with Gasteiger partial charge in [-0.3, -0.25) is 4.79 Å². The molecular formula is C27H29ClN2O4S. The van der Waals surface area contributed by atoms with Crippen molar-refractivity contribution in [2.45, 2.75) is 30.8 Å². The molecule has 1 heterocycles. The zero-order chi connectivity index (χ0) is 24.8. The molecule has 1 amide bonds. The van der Waals surface area contributed by atoms with Gasteiger partial charge in [0.2, 0.25) is 15.9 Å². The molecule has 8 heteroatoms. The monoisotopic (exact) mass is 512 g/mol. The van der Waals surface area contributed by atoms with Crippen molar-refractivity contribution in [3.05, 3.63) is 95.0 Å². The highest BCUT2D eigenvalue weighted by atomic mass is 35.5. The first-order chi connectivity index (χ1) is 16.9. The number of piperidine rings is 1. The number of rotatable bonds is 8. The van der Waals surface area contributed by atoms with Crippen molar-refractivity contribution in [3.63, 3.8) is 0 Å². The largest absolute Gasteiger partial charge is 0.495 e. The molecule has 3 aromatic rings. The molecule has 0 saturated carbocycles. The zero-order valence-corrected chi connectivity index (χ0v) is 21.2. The minimum absolute atomic E-state index is 0.0367. The Kier molecular flexibility index (Phi) is 8.11. The summed E-state index contributed by atoms with van der Waals surface area (Å²) in [4.78, 5) is 15.6. The number of carbonyl (C=O) groups excluding carboxylic acids is 1. The molecule has 35 heavy (non-hydrogen) atoms. The molecule has 6 nitrogen and oxygen atoms in total. The highest BCUT2D eigenvalue weighted by Crippen LogP contribution is 2.31. The van der Waals surface area contributed by atoms with Gasteiger partial charge in [-0.2, -0.15) is 4.31 Å². The van der Waals surface area contributed by atoms with E-state index in [2.05, 4.69) is 0 Å². The fourth-order valence-corrected chi connectivity index (χ4v) is 6.27. The molecule has 1 atom stereocenters. The van der Waals surface area contributed by atoms with E-state index in [1.165, 1.54) is 23.5 Å². The number of sulfonamides is 1. The number of methoxy groups -OCH3 is 1. The Balaban J connectivity index is 1.54. The van der Waals surface area contributed by atoms with Crippen molar-refractivity contribution in [3.8, 4) is 5.75 Å². The SMILES string of the molecule is COc1ccc(S(=O)(=O)N2CCC[C@@H](C(=O)N(Cc3ccccc3)Cc3ccccc3)C2)cc1Cl. The summed E-state index contributed by atoms with van der Waals surface area (Å²) in [6.07, 6.45) is 1.26. The minimum atomic E-state index is -3.80. The summed E-state index contributed by atoms with van der Waals surface area (Å²) in [5, 5.41) is 0.232. The normalized spacial score (nSPS) is 16.6. The number of hydrogen-bond donors (Lipinski definition) is 0. The van der Waals surface area contributed by atoms with Crippen molar-refractivity contribution in [1.29, 1.82) is 0 Å². The van der Waals surface area contributed by atoms with Gasteiger partial charge in [-0.15, -0.1) is 0 Å². The maximum Gasteiger partial charge on any atom is 0.243 e. The second-order valence-electron chi connectivity index (χ2n) is 8.66. The lowest BCUT2D eigenvalue weighted by atomic mass is 9.97. The van der Waals surface area contributed by atoms with E-state index < -0.39 is 15.9 Å². The van der Waals surface area contributed by atoms with Crippen LogP contribution in [0.4, 0.5) is 0 Å². The van der Waals surface area contributed by atoms with Crippen LogP contribution in [0.2, 0.25) is 5.02 Å². The van der Waals surface area contributed by atoms with Gasteiger partial charge in [-0.25, -0.2) is 8.42 Å². The summed E-state index contributed by atoms with van der Waals surface area (Å²) >= 11 is 6.18. The molecule has 184 valence electrons. The summed E-state index contributed by atoms with van der Waals surface area (Å²) in [6.45, 7) is 1.44. The molecule has 1 aliphatic rings. The van der Waals surface area contributed by atoms with Gasteiger partial charge in [0.15, 0.2) is 0 Å². The van der Waals surface area contributed by atoms with E-state index in [4.69, 9.17) is 16.3 Å². The topological polar surface area (TPSA) is 66.9 Å². The van der Waals surface area contributed by atoms with E-state index in [9.17, 15) is 13.2 Å². The molecule has 0 radical (unpaired) electrons. The number of halogens is 1. The number of nitrogens with zero attached hydrogens (tertiary/aromatic N) is 2. The number of ether oxygens (including phenoxy) is 1. The molecular weight excluding hydrogens is 484 g/mol. The third-order valence-corrected chi connectivity index (χ3v) is 8.40. The number of benzene rings is 3. The van der Waals surface area contributed by atoms with Crippen LogP contribution in [0.25, 0.3) is 0 Å². The molecule has 3 aromatic carbocycles. The van der Waals surface area contributed by atoms with E-state index in [1.807, 2.05) is 65.6 Å².